The number of carbonyl (C=O) groups is 2. The molecule has 4 N–H and O–H groups in total. The summed E-state index contributed by atoms with van der Waals surface area (Å²) in [5.41, 5.74) is 0. The van der Waals surface area contributed by atoms with Gasteiger partial charge in [0.25, 0.3) is 0 Å². The van der Waals surface area contributed by atoms with Gasteiger partial charge in [-0.05, 0) is 56.1 Å². The number of rotatable bonds is 12. The average molecular weight is 426 g/mol. The molecule has 1 aromatic carbocycles. The fourth-order valence-corrected chi connectivity index (χ4v) is 4.16. The van der Waals surface area contributed by atoms with E-state index >= 15 is 0 Å². The Hall–Kier alpha value is -2.03. The van der Waals surface area contributed by atoms with Crippen molar-refractivity contribution in [3.05, 3.63) is 30.1 Å². The van der Waals surface area contributed by atoms with E-state index in [1.54, 1.807) is 0 Å². The highest BCUT2D eigenvalue weighted by molar-refractivity contribution is 5.76. The average Bonchev–Trinajstić information content (AvgIpc) is 2.96. The van der Waals surface area contributed by atoms with E-state index in [1.165, 1.54) is 18.2 Å². The molecule has 1 aliphatic carbocycles. The van der Waals surface area contributed by atoms with E-state index in [1.807, 2.05) is 0 Å². The lowest BCUT2D eigenvalue weighted by Crippen LogP contribution is -2.29. The number of ether oxygens (including phenoxy) is 1. The van der Waals surface area contributed by atoms with Gasteiger partial charge >= 0.3 is 11.9 Å². The lowest BCUT2D eigenvalue weighted by molar-refractivity contribution is -0.144. The Morgan fingerprint density at radius 1 is 1.03 bits per heavy atom. The summed E-state index contributed by atoms with van der Waals surface area (Å²) in [7, 11) is 0. The second-order valence-electron chi connectivity index (χ2n) is 7.99. The number of halogens is 1. The molecule has 0 heterocycles. The highest BCUT2D eigenvalue weighted by Crippen LogP contribution is 2.39. The van der Waals surface area contributed by atoms with E-state index in [9.17, 15) is 29.3 Å². The maximum absolute atomic E-state index is 13.6. The molecule has 1 aliphatic rings. The summed E-state index contributed by atoms with van der Waals surface area (Å²) >= 11 is 0. The molecule has 7 nitrogen and oxygen atoms in total. The van der Waals surface area contributed by atoms with Crippen LogP contribution in [0.1, 0.15) is 57.8 Å². The number of hydrogen-bond acceptors (Lipinski definition) is 6. The van der Waals surface area contributed by atoms with Crippen LogP contribution in [0.3, 0.4) is 0 Å². The first kappa shape index (κ1) is 24.2. The largest absolute Gasteiger partial charge is 0.481 e. The summed E-state index contributed by atoms with van der Waals surface area (Å²) in [6.45, 7) is 0. The molecule has 2 rings (SSSR count). The molecule has 8 heteroatoms. The van der Waals surface area contributed by atoms with Crippen molar-refractivity contribution in [2.75, 3.05) is 0 Å². The van der Waals surface area contributed by atoms with Gasteiger partial charge in [0, 0.05) is 6.42 Å². The van der Waals surface area contributed by atoms with Crippen molar-refractivity contribution >= 4 is 11.9 Å². The summed E-state index contributed by atoms with van der Waals surface area (Å²) in [5, 5.41) is 39.3. The summed E-state index contributed by atoms with van der Waals surface area (Å²) in [6, 6.07) is 5.42. The van der Waals surface area contributed by atoms with Gasteiger partial charge < -0.3 is 25.2 Å². The molecule has 0 amide bonds. The molecular weight excluding hydrogens is 395 g/mol. The van der Waals surface area contributed by atoms with Gasteiger partial charge in [0.1, 0.15) is 0 Å². The Morgan fingerprint density at radius 3 is 2.33 bits per heavy atom. The Morgan fingerprint density at radius 2 is 1.67 bits per heavy atom. The van der Waals surface area contributed by atoms with Gasteiger partial charge in [-0.3, -0.25) is 4.79 Å². The van der Waals surface area contributed by atoms with Crippen LogP contribution in [0.5, 0.6) is 5.75 Å². The third-order valence-electron chi connectivity index (χ3n) is 5.79. The van der Waals surface area contributed by atoms with Crippen molar-refractivity contribution in [3.8, 4) is 5.75 Å². The van der Waals surface area contributed by atoms with Crippen LogP contribution in [0, 0.1) is 17.7 Å². The molecule has 3 unspecified atom stereocenters. The molecule has 5 atom stereocenters. The van der Waals surface area contributed by atoms with Crippen molar-refractivity contribution < 1.29 is 39.1 Å². The van der Waals surface area contributed by atoms with Crippen molar-refractivity contribution in [3.63, 3.8) is 0 Å². The van der Waals surface area contributed by atoms with E-state index < -0.39 is 36.1 Å². The van der Waals surface area contributed by atoms with E-state index in [0.29, 0.717) is 19.3 Å². The molecule has 0 radical (unpaired) electrons. The molecule has 0 aliphatic heterocycles. The van der Waals surface area contributed by atoms with Crippen LogP contribution in [0.4, 0.5) is 4.39 Å². The lowest BCUT2D eigenvalue weighted by atomic mass is 9.85. The summed E-state index contributed by atoms with van der Waals surface area (Å²) in [5.74, 6) is -3.11. The van der Waals surface area contributed by atoms with E-state index in [2.05, 4.69) is 0 Å². The van der Waals surface area contributed by atoms with Crippen LogP contribution in [0.2, 0.25) is 0 Å². The summed E-state index contributed by atoms with van der Waals surface area (Å²) in [6.07, 6.45) is 1.70. The smallest absolute Gasteiger partial charge is 0.340 e. The van der Waals surface area contributed by atoms with Gasteiger partial charge in [-0.15, -0.1) is 0 Å². The molecule has 0 bridgehead atoms. The zero-order chi connectivity index (χ0) is 22.1. The van der Waals surface area contributed by atoms with Crippen LogP contribution in [-0.4, -0.2) is 50.7 Å². The van der Waals surface area contributed by atoms with Crippen molar-refractivity contribution in [1.29, 1.82) is 0 Å². The van der Waals surface area contributed by atoms with Gasteiger partial charge in [-0.25, -0.2) is 9.18 Å². The van der Waals surface area contributed by atoms with Crippen LogP contribution >= 0.6 is 0 Å². The number of unbranched alkanes of at least 4 members (excludes halogenated alkanes) is 3. The van der Waals surface area contributed by atoms with E-state index in [4.69, 9.17) is 9.84 Å². The highest BCUT2D eigenvalue weighted by atomic mass is 19.1. The minimum Gasteiger partial charge on any atom is -0.481 e. The first-order valence-electron chi connectivity index (χ1n) is 10.5. The van der Waals surface area contributed by atoms with Crippen molar-refractivity contribution in [2.24, 2.45) is 11.8 Å². The minimum absolute atomic E-state index is 0.0385. The van der Waals surface area contributed by atoms with Crippen molar-refractivity contribution in [2.45, 2.75) is 76.1 Å². The Kier molecular flexibility index (Phi) is 9.68. The van der Waals surface area contributed by atoms with Crippen LogP contribution < -0.4 is 4.74 Å². The zero-order valence-corrected chi connectivity index (χ0v) is 17.0. The number of para-hydroxylation sites is 1. The van der Waals surface area contributed by atoms with Gasteiger partial charge in [0.2, 0.25) is 0 Å². The number of benzene rings is 1. The Labute approximate surface area is 175 Å². The number of carbonyl (C=O) groups excluding carboxylic acids is 1. The van der Waals surface area contributed by atoms with Crippen molar-refractivity contribution in [1.82, 2.24) is 0 Å². The van der Waals surface area contributed by atoms with Gasteiger partial charge in [-0.1, -0.05) is 31.4 Å². The second-order valence-corrected chi connectivity index (χ2v) is 7.99. The number of aliphatic carboxylic acids is 1. The van der Waals surface area contributed by atoms with Gasteiger partial charge in [0.15, 0.2) is 17.7 Å². The SMILES string of the molecule is O=C(O)CCCCCC[C@@H]1C(CCC(O)C(=O)Oc2ccccc2F)C(O)C[C@@H]1O. The fourth-order valence-electron chi connectivity index (χ4n) is 4.16. The number of hydrogen-bond donors (Lipinski definition) is 4. The van der Waals surface area contributed by atoms with Crippen LogP contribution in [0.25, 0.3) is 0 Å². The predicted molar refractivity (Wildman–Crippen MR) is 106 cm³/mol. The number of carboxylic acid groups (broad SMARTS) is 1. The van der Waals surface area contributed by atoms with Gasteiger partial charge in [0.05, 0.1) is 12.2 Å². The Balaban J connectivity index is 1.78. The third kappa shape index (κ3) is 7.34. The third-order valence-corrected chi connectivity index (χ3v) is 5.79. The van der Waals surface area contributed by atoms with E-state index in [0.717, 1.165) is 25.3 Å². The number of aliphatic hydroxyl groups excluding tert-OH is 3. The first-order valence-corrected chi connectivity index (χ1v) is 10.5. The monoisotopic (exact) mass is 426 g/mol. The van der Waals surface area contributed by atoms with Gasteiger partial charge in [-0.2, -0.15) is 0 Å². The van der Waals surface area contributed by atoms with E-state index in [-0.39, 0.29) is 36.8 Å². The molecule has 1 fully saturated rings. The molecule has 1 aromatic rings. The molecule has 0 spiro atoms. The number of aliphatic hydroxyl groups is 3. The quantitative estimate of drug-likeness (QED) is 0.230. The first-order chi connectivity index (χ1) is 14.3. The minimum atomic E-state index is -1.45. The fraction of sp³-hybridized carbons (Fsp3) is 0.636. The van der Waals surface area contributed by atoms with Crippen LogP contribution in [0.15, 0.2) is 24.3 Å². The molecule has 1 saturated carbocycles. The number of carboxylic acids is 1. The molecule has 0 aromatic heterocycles. The molecular formula is C22H31FO7. The van der Waals surface area contributed by atoms with Crippen LogP contribution in [-0.2, 0) is 9.59 Å². The maximum atomic E-state index is 13.6. The lowest BCUT2D eigenvalue weighted by Gasteiger charge is -2.24. The Bertz CT molecular complexity index is 696. The molecule has 30 heavy (non-hydrogen) atoms. The number of esters is 1. The summed E-state index contributed by atoms with van der Waals surface area (Å²) in [4.78, 5) is 22.5. The topological polar surface area (TPSA) is 124 Å². The summed E-state index contributed by atoms with van der Waals surface area (Å²) < 4.78 is 18.5. The predicted octanol–water partition coefficient (Wildman–Crippen LogP) is 2.66. The standard InChI is InChI=1S/C22H31FO7/c23-16-8-5-6-9-20(16)30-22(29)17(24)12-11-15-14(18(25)13-19(15)26)7-3-1-2-4-10-21(27)28/h5-6,8-9,14-15,17-19,24-26H,1-4,7,10-13H2,(H,27,28)/t14-,15?,17?,18+,19?/m1/s1. The highest BCUT2D eigenvalue weighted by Gasteiger charge is 2.41. The second kappa shape index (κ2) is 12.0. The zero-order valence-electron chi connectivity index (χ0n) is 17.0. The maximum Gasteiger partial charge on any atom is 0.340 e. The molecule has 0 saturated heterocycles. The normalized spacial score (nSPS) is 24.5. The molecule has 168 valence electrons.